The van der Waals surface area contributed by atoms with Crippen LogP contribution >= 0.6 is 0 Å². The minimum atomic E-state index is -4.07. The van der Waals surface area contributed by atoms with Crippen LogP contribution in [0.4, 0.5) is 17.6 Å². The molecule has 0 heterocycles. The summed E-state index contributed by atoms with van der Waals surface area (Å²) in [5.74, 6) is -8.65. The van der Waals surface area contributed by atoms with Gasteiger partial charge in [-0.05, 0) is 17.7 Å². The van der Waals surface area contributed by atoms with E-state index in [1.165, 1.54) is 12.1 Å². The fourth-order valence-corrected chi connectivity index (χ4v) is 1.79. The second-order valence-corrected chi connectivity index (χ2v) is 4.26. The summed E-state index contributed by atoms with van der Waals surface area (Å²) >= 11 is 0. The summed E-state index contributed by atoms with van der Waals surface area (Å²) in [5, 5.41) is 0. The van der Waals surface area contributed by atoms with Crippen LogP contribution in [0.3, 0.4) is 0 Å². The first-order valence-corrected chi connectivity index (χ1v) is 5.82. The molecule has 0 fully saturated rings. The third-order valence-electron chi connectivity index (χ3n) is 2.85. The van der Waals surface area contributed by atoms with Crippen molar-refractivity contribution >= 4 is 5.78 Å². The van der Waals surface area contributed by atoms with E-state index in [0.29, 0.717) is 11.6 Å². The van der Waals surface area contributed by atoms with Crippen LogP contribution in [0.2, 0.25) is 0 Å². The molecule has 0 saturated heterocycles. The largest absolute Gasteiger partial charge is 0.333 e. The van der Waals surface area contributed by atoms with E-state index in [9.17, 15) is 22.4 Å². The summed E-state index contributed by atoms with van der Waals surface area (Å²) in [6.45, 7) is 0. The van der Waals surface area contributed by atoms with Gasteiger partial charge in [0.2, 0.25) is 5.78 Å². The molecule has 2 aromatic rings. The SMILES string of the molecule is O=C(Cc1ccccc1)C(F)(F)c1cccc(F)c1F. The number of benzene rings is 2. The molecule has 0 atom stereocenters. The van der Waals surface area contributed by atoms with Gasteiger partial charge in [-0.3, -0.25) is 4.79 Å². The molecule has 0 saturated carbocycles. The lowest BCUT2D eigenvalue weighted by molar-refractivity contribution is -0.144. The molecule has 0 amide bonds. The molecule has 104 valence electrons. The molecule has 2 rings (SSSR count). The first-order chi connectivity index (χ1) is 9.43. The van der Waals surface area contributed by atoms with E-state index >= 15 is 0 Å². The number of Topliss-reactive ketones (excluding diaryl/α,β-unsaturated/α-hetero) is 1. The maximum Gasteiger partial charge on any atom is 0.333 e. The number of carbonyl (C=O) groups excluding carboxylic acids is 1. The Morgan fingerprint density at radius 2 is 1.60 bits per heavy atom. The Morgan fingerprint density at radius 1 is 0.950 bits per heavy atom. The highest BCUT2D eigenvalue weighted by Crippen LogP contribution is 2.33. The number of ketones is 1. The van der Waals surface area contributed by atoms with Crippen molar-refractivity contribution in [2.75, 3.05) is 0 Å². The van der Waals surface area contributed by atoms with Gasteiger partial charge in [-0.2, -0.15) is 8.78 Å². The van der Waals surface area contributed by atoms with Gasteiger partial charge >= 0.3 is 5.92 Å². The average Bonchev–Trinajstić information content (AvgIpc) is 2.42. The molecule has 0 bridgehead atoms. The van der Waals surface area contributed by atoms with Crippen LogP contribution in [-0.2, 0) is 17.1 Å². The van der Waals surface area contributed by atoms with Crippen LogP contribution in [0.5, 0.6) is 0 Å². The first-order valence-electron chi connectivity index (χ1n) is 5.82. The Kier molecular flexibility index (Phi) is 3.88. The molecular weight excluding hydrogens is 272 g/mol. The Hall–Kier alpha value is -2.17. The van der Waals surface area contributed by atoms with Gasteiger partial charge in [-0.15, -0.1) is 0 Å². The lowest BCUT2D eigenvalue weighted by atomic mass is 9.98. The number of hydrogen-bond donors (Lipinski definition) is 0. The molecule has 0 aliphatic rings. The quantitative estimate of drug-likeness (QED) is 0.778. The van der Waals surface area contributed by atoms with E-state index in [-0.39, 0.29) is 0 Å². The monoisotopic (exact) mass is 282 g/mol. The third-order valence-corrected chi connectivity index (χ3v) is 2.85. The summed E-state index contributed by atoms with van der Waals surface area (Å²) in [7, 11) is 0. The second-order valence-electron chi connectivity index (χ2n) is 4.26. The van der Waals surface area contributed by atoms with Gasteiger partial charge in [-0.1, -0.05) is 36.4 Å². The lowest BCUT2D eigenvalue weighted by Gasteiger charge is -2.16. The molecule has 0 N–H and O–H groups in total. The summed E-state index contributed by atoms with van der Waals surface area (Å²) in [6, 6.07) is 10.3. The van der Waals surface area contributed by atoms with E-state index in [4.69, 9.17) is 0 Å². The van der Waals surface area contributed by atoms with Gasteiger partial charge in [0.05, 0.1) is 5.56 Å². The van der Waals surface area contributed by atoms with Crippen molar-refractivity contribution in [3.05, 3.63) is 71.3 Å². The number of alkyl halides is 2. The molecule has 0 aromatic heterocycles. The van der Waals surface area contributed by atoms with Crippen LogP contribution in [0.25, 0.3) is 0 Å². The number of carbonyl (C=O) groups is 1. The van der Waals surface area contributed by atoms with Crippen molar-refractivity contribution in [3.8, 4) is 0 Å². The van der Waals surface area contributed by atoms with Crippen molar-refractivity contribution < 1.29 is 22.4 Å². The highest BCUT2D eigenvalue weighted by atomic mass is 19.3. The van der Waals surface area contributed by atoms with Crippen LogP contribution in [0, 0.1) is 11.6 Å². The molecule has 0 unspecified atom stereocenters. The first kappa shape index (κ1) is 14.2. The van der Waals surface area contributed by atoms with Gasteiger partial charge in [0.25, 0.3) is 0 Å². The highest BCUT2D eigenvalue weighted by molar-refractivity contribution is 5.88. The fourth-order valence-electron chi connectivity index (χ4n) is 1.79. The number of halogens is 4. The zero-order chi connectivity index (χ0) is 14.8. The van der Waals surface area contributed by atoms with Crippen molar-refractivity contribution in [1.82, 2.24) is 0 Å². The van der Waals surface area contributed by atoms with Crippen LogP contribution in [0.1, 0.15) is 11.1 Å². The summed E-state index contributed by atoms with van der Waals surface area (Å²) in [6.07, 6.45) is -0.552. The van der Waals surface area contributed by atoms with E-state index in [1.54, 1.807) is 18.2 Å². The van der Waals surface area contributed by atoms with E-state index < -0.39 is 35.3 Å². The van der Waals surface area contributed by atoms with Gasteiger partial charge in [-0.25, -0.2) is 8.78 Å². The Labute approximate surface area is 112 Å². The smallest absolute Gasteiger partial charge is 0.292 e. The summed E-state index contributed by atoms with van der Waals surface area (Å²) in [4.78, 5) is 11.7. The van der Waals surface area contributed by atoms with Crippen molar-refractivity contribution in [1.29, 1.82) is 0 Å². The number of hydrogen-bond acceptors (Lipinski definition) is 1. The van der Waals surface area contributed by atoms with Gasteiger partial charge in [0, 0.05) is 6.42 Å². The minimum absolute atomic E-state index is 0.383. The van der Waals surface area contributed by atoms with Gasteiger partial charge in [0.15, 0.2) is 11.6 Å². The summed E-state index contributed by atoms with van der Waals surface area (Å²) < 4.78 is 54.2. The maximum atomic E-state index is 13.9. The zero-order valence-corrected chi connectivity index (χ0v) is 10.2. The van der Waals surface area contributed by atoms with Crippen molar-refractivity contribution in [3.63, 3.8) is 0 Å². The van der Waals surface area contributed by atoms with Crippen LogP contribution < -0.4 is 0 Å². The Morgan fingerprint density at radius 3 is 2.25 bits per heavy atom. The Bertz CT molecular complexity index is 623. The molecular formula is C15H10F4O. The van der Waals surface area contributed by atoms with E-state index in [2.05, 4.69) is 0 Å². The highest BCUT2D eigenvalue weighted by Gasteiger charge is 2.43. The third kappa shape index (κ3) is 2.71. The lowest BCUT2D eigenvalue weighted by Crippen LogP contribution is -2.29. The second kappa shape index (κ2) is 5.45. The molecule has 0 aliphatic heterocycles. The standard InChI is InChI=1S/C15H10F4O/c16-12-8-4-7-11(14(12)17)15(18,19)13(20)9-10-5-2-1-3-6-10/h1-8H,9H2. The van der Waals surface area contributed by atoms with E-state index in [1.807, 2.05) is 0 Å². The van der Waals surface area contributed by atoms with Gasteiger partial charge in [0.1, 0.15) is 0 Å². The zero-order valence-electron chi connectivity index (χ0n) is 10.2. The normalized spacial score (nSPS) is 11.4. The van der Waals surface area contributed by atoms with Crippen molar-refractivity contribution in [2.24, 2.45) is 0 Å². The molecule has 2 aromatic carbocycles. The minimum Gasteiger partial charge on any atom is -0.292 e. The molecule has 20 heavy (non-hydrogen) atoms. The molecule has 5 heteroatoms. The molecule has 0 radical (unpaired) electrons. The Balaban J connectivity index is 2.30. The predicted molar refractivity (Wildman–Crippen MR) is 65.4 cm³/mol. The maximum absolute atomic E-state index is 13.9. The molecule has 0 aliphatic carbocycles. The van der Waals surface area contributed by atoms with E-state index in [0.717, 1.165) is 12.1 Å². The van der Waals surface area contributed by atoms with Crippen molar-refractivity contribution in [2.45, 2.75) is 12.3 Å². The van der Waals surface area contributed by atoms with Crippen LogP contribution in [-0.4, -0.2) is 5.78 Å². The van der Waals surface area contributed by atoms with Gasteiger partial charge < -0.3 is 0 Å². The number of rotatable bonds is 4. The molecule has 0 spiro atoms. The predicted octanol–water partition coefficient (Wildman–Crippen LogP) is 3.87. The fraction of sp³-hybridized carbons (Fsp3) is 0.133. The molecule has 1 nitrogen and oxygen atoms in total. The van der Waals surface area contributed by atoms with Crippen LogP contribution in [0.15, 0.2) is 48.5 Å². The average molecular weight is 282 g/mol. The summed E-state index contributed by atoms with van der Waals surface area (Å²) in [5.41, 5.74) is -0.854. The topological polar surface area (TPSA) is 17.1 Å².